The number of para-hydroxylation sites is 1. The summed E-state index contributed by atoms with van der Waals surface area (Å²) in [6, 6.07) is 49.3. The monoisotopic (exact) mass is 630 g/mol. The average molecular weight is 631 g/mol. The van der Waals surface area contributed by atoms with E-state index in [1.54, 1.807) is 0 Å². The topological polar surface area (TPSA) is 42.4 Å². The van der Waals surface area contributed by atoms with Gasteiger partial charge in [0.1, 0.15) is 16.7 Å². The fourth-order valence-corrected chi connectivity index (χ4v) is 7.28. The summed E-state index contributed by atoms with van der Waals surface area (Å²) in [6.07, 6.45) is 8.57. The summed E-state index contributed by atoms with van der Waals surface area (Å²) in [5, 5.41) is 6.66. The number of oxazole rings is 1. The molecule has 0 saturated heterocycles. The summed E-state index contributed by atoms with van der Waals surface area (Å²) < 4.78 is 12.8. The molecule has 0 atom stereocenters. The van der Waals surface area contributed by atoms with Crippen LogP contribution in [0.4, 0.5) is 17.1 Å². The fraction of sp³-hybridized carbons (Fsp3) is 0.0444. The number of furan rings is 1. The van der Waals surface area contributed by atoms with Crippen molar-refractivity contribution in [3.8, 4) is 11.1 Å². The minimum atomic E-state index is 0.674. The van der Waals surface area contributed by atoms with Gasteiger partial charge in [-0.05, 0) is 94.7 Å². The average Bonchev–Trinajstić information content (AvgIpc) is 3.78. The molecule has 2 aromatic heterocycles. The SMILES string of the molecule is C1=CC(c2nc3ccc4ccc5ccc(N(c6ccc(-c7ccccc7)cc6)c6ccc7oc8ccccc8c7c6)cc5c4c3o2)=CCC1. The van der Waals surface area contributed by atoms with E-state index >= 15 is 0 Å². The number of nitrogens with zero attached hydrogens (tertiary/aromatic N) is 2. The number of hydrogen-bond acceptors (Lipinski definition) is 4. The Bertz CT molecular complexity index is 2770. The molecule has 4 heteroatoms. The van der Waals surface area contributed by atoms with Crippen LogP contribution in [0.1, 0.15) is 18.7 Å². The molecule has 7 aromatic carbocycles. The van der Waals surface area contributed by atoms with E-state index in [2.05, 4.69) is 151 Å². The molecule has 1 aliphatic carbocycles. The van der Waals surface area contributed by atoms with Gasteiger partial charge in [-0.1, -0.05) is 103 Å². The highest BCUT2D eigenvalue weighted by molar-refractivity contribution is 6.18. The van der Waals surface area contributed by atoms with E-state index in [1.807, 2.05) is 12.1 Å². The van der Waals surface area contributed by atoms with Crippen molar-refractivity contribution in [2.45, 2.75) is 12.8 Å². The van der Waals surface area contributed by atoms with Crippen molar-refractivity contribution in [1.82, 2.24) is 4.98 Å². The number of allylic oxidation sites excluding steroid dienone is 4. The maximum atomic E-state index is 6.58. The predicted molar refractivity (Wildman–Crippen MR) is 203 cm³/mol. The molecular formula is C45H30N2O2. The number of rotatable bonds is 5. The number of anilines is 3. The van der Waals surface area contributed by atoms with Gasteiger partial charge in [0.15, 0.2) is 5.58 Å². The largest absolute Gasteiger partial charge is 0.456 e. The van der Waals surface area contributed by atoms with Crippen LogP contribution in [-0.4, -0.2) is 4.98 Å². The Morgan fingerprint density at radius 2 is 1.22 bits per heavy atom. The van der Waals surface area contributed by atoms with Gasteiger partial charge in [0, 0.05) is 38.8 Å². The van der Waals surface area contributed by atoms with Crippen LogP contribution >= 0.6 is 0 Å². The third-order valence-electron chi connectivity index (χ3n) is 9.69. The van der Waals surface area contributed by atoms with E-state index in [0.29, 0.717) is 5.89 Å². The van der Waals surface area contributed by atoms with E-state index in [-0.39, 0.29) is 0 Å². The summed E-state index contributed by atoms with van der Waals surface area (Å²) in [6.45, 7) is 0. The van der Waals surface area contributed by atoms with Crippen molar-refractivity contribution < 1.29 is 8.83 Å². The maximum Gasteiger partial charge on any atom is 0.227 e. The van der Waals surface area contributed by atoms with Gasteiger partial charge < -0.3 is 13.7 Å². The molecule has 0 aliphatic heterocycles. The van der Waals surface area contributed by atoms with Crippen molar-refractivity contribution in [2.24, 2.45) is 0 Å². The second-order valence-corrected chi connectivity index (χ2v) is 12.7. The molecule has 1 aliphatic rings. The molecule has 0 amide bonds. The van der Waals surface area contributed by atoms with Crippen LogP contribution in [0.2, 0.25) is 0 Å². The summed E-state index contributed by atoms with van der Waals surface area (Å²) in [5.74, 6) is 0.674. The first-order chi connectivity index (χ1) is 24.3. The number of fused-ring (bicyclic) bond motifs is 8. The Hall–Kier alpha value is -6.39. The lowest BCUT2D eigenvalue weighted by atomic mass is 9.99. The van der Waals surface area contributed by atoms with Crippen LogP contribution in [0, 0.1) is 0 Å². The number of benzene rings is 7. The van der Waals surface area contributed by atoms with Crippen LogP contribution in [-0.2, 0) is 0 Å². The number of aromatic nitrogens is 1. The minimum absolute atomic E-state index is 0.674. The van der Waals surface area contributed by atoms with Crippen LogP contribution in [0.5, 0.6) is 0 Å². The Balaban J connectivity index is 1.19. The zero-order valence-corrected chi connectivity index (χ0v) is 26.6. The Morgan fingerprint density at radius 1 is 0.531 bits per heavy atom. The van der Waals surface area contributed by atoms with Gasteiger partial charge in [0.25, 0.3) is 0 Å². The van der Waals surface area contributed by atoms with E-state index in [0.717, 1.165) is 90.1 Å². The van der Waals surface area contributed by atoms with Gasteiger partial charge in [0.2, 0.25) is 5.89 Å². The zero-order valence-electron chi connectivity index (χ0n) is 26.6. The molecule has 0 radical (unpaired) electrons. The molecular weight excluding hydrogens is 601 g/mol. The molecule has 0 spiro atoms. The minimum Gasteiger partial charge on any atom is -0.456 e. The molecule has 4 nitrogen and oxygen atoms in total. The molecule has 2 heterocycles. The van der Waals surface area contributed by atoms with Crippen molar-refractivity contribution in [1.29, 1.82) is 0 Å². The van der Waals surface area contributed by atoms with Crippen LogP contribution < -0.4 is 4.90 Å². The molecule has 10 rings (SSSR count). The smallest absolute Gasteiger partial charge is 0.227 e. The lowest BCUT2D eigenvalue weighted by Gasteiger charge is -2.26. The second kappa shape index (κ2) is 11.1. The number of hydrogen-bond donors (Lipinski definition) is 0. The van der Waals surface area contributed by atoms with Crippen molar-refractivity contribution in [3.05, 3.63) is 164 Å². The van der Waals surface area contributed by atoms with E-state index < -0.39 is 0 Å². The van der Waals surface area contributed by atoms with Gasteiger partial charge in [0.05, 0.1) is 0 Å². The quantitative estimate of drug-likeness (QED) is 0.177. The summed E-state index contributed by atoms with van der Waals surface area (Å²) in [7, 11) is 0. The molecule has 0 bridgehead atoms. The summed E-state index contributed by atoms with van der Waals surface area (Å²) in [5.41, 5.74) is 10.0. The van der Waals surface area contributed by atoms with Gasteiger partial charge in [-0.3, -0.25) is 0 Å². The highest BCUT2D eigenvalue weighted by Gasteiger charge is 2.19. The lowest BCUT2D eigenvalue weighted by molar-refractivity contribution is 0.588. The van der Waals surface area contributed by atoms with Crippen molar-refractivity contribution in [2.75, 3.05) is 4.90 Å². The lowest BCUT2D eigenvalue weighted by Crippen LogP contribution is -2.09. The van der Waals surface area contributed by atoms with E-state index in [9.17, 15) is 0 Å². The van der Waals surface area contributed by atoms with E-state index in [1.165, 1.54) is 11.1 Å². The molecule has 0 saturated carbocycles. The van der Waals surface area contributed by atoms with E-state index in [4.69, 9.17) is 13.8 Å². The standard InChI is InChI=1S/C45H30N2O2/c1-3-9-29(10-4-1)30-17-21-34(22-18-30)47(36-24-26-42-39(28-36)37-13-7-8-14-41(37)48-42)35-23-19-31-15-16-32-20-25-40-44(43(32)38(31)27-35)49-45(46-40)33-11-5-2-6-12-33/h1,3-5,7-28H,2,6H2. The van der Waals surface area contributed by atoms with Crippen LogP contribution in [0.25, 0.3) is 71.3 Å². The van der Waals surface area contributed by atoms with Gasteiger partial charge in [-0.2, -0.15) is 0 Å². The fourth-order valence-electron chi connectivity index (χ4n) is 7.28. The molecule has 0 N–H and O–H groups in total. The maximum absolute atomic E-state index is 6.58. The summed E-state index contributed by atoms with van der Waals surface area (Å²) in [4.78, 5) is 7.25. The van der Waals surface area contributed by atoms with Gasteiger partial charge >= 0.3 is 0 Å². The first-order valence-electron chi connectivity index (χ1n) is 16.8. The second-order valence-electron chi connectivity index (χ2n) is 12.7. The highest BCUT2D eigenvalue weighted by atomic mass is 16.3. The Kier molecular flexibility index (Phi) is 6.28. The molecule has 232 valence electrons. The zero-order chi connectivity index (χ0) is 32.3. The Labute approximate surface area is 282 Å². The van der Waals surface area contributed by atoms with Crippen LogP contribution in [0.15, 0.2) is 167 Å². The molecule has 0 fully saturated rings. The molecule has 0 unspecified atom stereocenters. The summed E-state index contributed by atoms with van der Waals surface area (Å²) >= 11 is 0. The first-order valence-corrected chi connectivity index (χ1v) is 16.8. The third kappa shape index (κ3) is 4.64. The van der Waals surface area contributed by atoms with Gasteiger partial charge in [-0.25, -0.2) is 4.98 Å². The van der Waals surface area contributed by atoms with Gasteiger partial charge in [-0.15, -0.1) is 0 Å². The molecule has 49 heavy (non-hydrogen) atoms. The highest BCUT2D eigenvalue weighted by Crippen LogP contribution is 2.42. The Morgan fingerprint density at radius 3 is 2.08 bits per heavy atom. The van der Waals surface area contributed by atoms with Crippen LogP contribution in [0.3, 0.4) is 0 Å². The predicted octanol–water partition coefficient (Wildman–Crippen LogP) is 12.9. The van der Waals surface area contributed by atoms with Crippen molar-refractivity contribution >= 4 is 77.2 Å². The first kappa shape index (κ1) is 27.7. The third-order valence-corrected chi connectivity index (χ3v) is 9.69. The molecule has 9 aromatic rings. The normalized spacial score (nSPS) is 13.2. The van der Waals surface area contributed by atoms with Crippen molar-refractivity contribution in [3.63, 3.8) is 0 Å².